The molecule has 0 amide bonds. The number of hydrogen-bond acceptors (Lipinski definition) is 3. The normalized spacial score (nSPS) is 19.4. The van der Waals surface area contributed by atoms with Gasteiger partial charge in [0.25, 0.3) is 0 Å². The Morgan fingerprint density at radius 1 is 1.03 bits per heavy atom. The smallest absolute Gasteiger partial charge is 0.118 e. The first-order valence-electron chi connectivity index (χ1n) is 12.6. The Morgan fingerprint density at radius 3 is 2.46 bits per heavy atom. The molecular weight excluding hydrogens is 439 g/mol. The van der Waals surface area contributed by atoms with Crippen molar-refractivity contribution in [3.63, 3.8) is 0 Å². The predicted molar refractivity (Wildman–Crippen MR) is 141 cm³/mol. The molecule has 1 atom stereocenters. The first kappa shape index (κ1) is 24.0. The molecule has 0 radical (unpaired) electrons. The van der Waals surface area contributed by atoms with Gasteiger partial charge < -0.3 is 14.7 Å². The highest BCUT2D eigenvalue weighted by Gasteiger charge is 2.30. The van der Waals surface area contributed by atoms with Gasteiger partial charge in [-0.25, -0.2) is 4.39 Å². The average molecular weight is 477 g/mol. The van der Waals surface area contributed by atoms with E-state index in [1.165, 1.54) is 38.8 Å². The third kappa shape index (κ3) is 5.45. The molecule has 2 aliphatic heterocycles. The van der Waals surface area contributed by atoms with Crippen LogP contribution in [0.1, 0.15) is 37.7 Å². The maximum Gasteiger partial charge on any atom is 0.118 e. The summed E-state index contributed by atoms with van der Waals surface area (Å²) < 4.78 is 19.1. The molecule has 2 aliphatic rings. The third-order valence-electron chi connectivity index (χ3n) is 7.20. The summed E-state index contributed by atoms with van der Waals surface area (Å²) in [6, 6.07) is 19.4. The number of fused-ring (bicyclic) bond motifs is 4. The molecule has 6 heteroatoms. The second-order valence-electron chi connectivity index (χ2n) is 10.7. The molecule has 2 aromatic carbocycles. The van der Waals surface area contributed by atoms with Crippen LogP contribution < -0.4 is 0 Å². The van der Waals surface area contributed by atoms with Crippen molar-refractivity contribution in [2.24, 2.45) is 0 Å². The van der Waals surface area contributed by atoms with Crippen molar-refractivity contribution in [1.82, 2.24) is 19.8 Å². The van der Waals surface area contributed by atoms with E-state index in [-0.39, 0.29) is 0 Å². The van der Waals surface area contributed by atoms with Crippen LogP contribution >= 0.6 is 0 Å². The average Bonchev–Trinajstić information content (AvgIpc) is 3.36. The molecule has 1 unspecified atom stereocenters. The summed E-state index contributed by atoms with van der Waals surface area (Å²) >= 11 is 0. The third-order valence-corrected chi connectivity index (χ3v) is 7.20. The van der Waals surface area contributed by atoms with Gasteiger partial charge in [-0.2, -0.15) is 0 Å². The molecule has 2 aromatic heterocycles. The summed E-state index contributed by atoms with van der Waals surface area (Å²) in [5, 5.41) is 2.62. The highest BCUT2D eigenvalue weighted by molar-refractivity contribution is 5.85. The number of hydrogen-bond donors (Lipinski definition) is 2. The Kier molecular flexibility index (Phi) is 6.71. The summed E-state index contributed by atoms with van der Waals surface area (Å²) in [7, 11) is 1.78. The number of alkyl halides is 1. The standard InChI is InChI=1S/C16H21FN2.C13H16N2O/c1-11-8-13-12-6-4-5-7-14(12)18-15(13)9-19(11)10-16(2,3)17;1-16-12-8-15(9-12)7-11-6-10-4-2-3-5-13(10)14-11/h4-7,11,18H,8-10H2,1-3H3;2-6,12,14H,7-9H2,1H3. The molecule has 0 saturated carbocycles. The molecule has 4 aromatic rings. The SMILES string of the molecule is CC1Cc2c([nH]c3ccccc23)CN1CC(C)(C)F.COC1CN(Cc2cc3ccccc3[nH]2)C1. The molecule has 1 fully saturated rings. The van der Waals surface area contributed by atoms with Crippen molar-refractivity contribution in [3.8, 4) is 0 Å². The molecule has 6 rings (SSSR count). The topological polar surface area (TPSA) is 47.3 Å². The lowest BCUT2D eigenvalue weighted by Crippen LogP contribution is -2.50. The van der Waals surface area contributed by atoms with Crippen molar-refractivity contribution >= 4 is 21.8 Å². The van der Waals surface area contributed by atoms with Crippen LogP contribution in [0.3, 0.4) is 0 Å². The number of ether oxygens (including phenoxy) is 1. The zero-order chi connectivity index (χ0) is 24.6. The molecule has 5 nitrogen and oxygen atoms in total. The number of benzene rings is 2. The second kappa shape index (κ2) is 9.76. The number of H-pyrrole nitrogens is 2. The number of aromatic amines is 2. The van der Waals surface area contributed by atoms with Gasteiger partial charge in [0.05, 0.1) is 6.10 Å². The van der Waals surface area contributed by atoms with Crippen molar-refractivity contribution in [3.05, 3.63) is 71.5 Å². The van der Waals surface area contributed by atoms with E-state index in [0.717, 1.165) is 32.6 Å². The number of aromatic nitrogens is 2. The van der Waals surface area contributed by atoms with Gasteiger partial charge in [0.15, 0.2) is 0 Å². The van der Waals surface area contributed by atoms with E-state index in [2.05, 4.69) is 81.3 Å². The van der Waals surface area contributed by atoms with Gasteiger partial charge in [-0.1, -0.05) is 36.4 Å². The summed E-state index contributed by atoms with van der Waals surface area (Å²) in [4.78, 5) is 11.6. The molecule has 0 spiro atoms. The number of halogens is 1. The monoisotopic (exact) mass is 476 g/mol. The molecule has 35 heavy (non-hydrogen) atoms. The number of para-hydroxylation sites is 2. The first-order chi connectivity index (χ1) is 16.8. The second-order valence-corrected chi connectivity index (χ2v) is 10.7. The zero-order valence-corrected chi connectivity index (χ0v) is 21.3. The van der Waals surface area contributed by atoms with E-state index in [0.29, 0.717) is 18.7 Å². The van der Waals surface area contributed by atoms with Crippen molar-refractivity contribution < 1.29 is 9.13 Å². The summed E-state index contributed by atoms with van der Waals surface area (Å²) in [5.41, 5.74) is 5.23. The molecule has 0 bridgehead atoms. The van der Waals surface area contributed by atoms with E-state index in [1.54, 1.807) is 21.0 Å². The Balaban J connectivity index is 0.000000147. The van der Waals surface area contributed by atoms with Crippen LogP contribution in [0.2, 0.25) is 0 Å². The van der Waals surface area contributed by atoms with Gasteiger partial charge in [0.1, 0.15) is 5.67 Å². The fourth-order valence-electron chi connectivity index (χ4n) is 5.36. The summed E-state index contributed by atoms with van der Waals surface area (Å²) in [6.07, 6.45) is 1.43. The van der Waals surface area contributed by atoms with Gasteiger partial charge in [-0.05, 0) is 56.3 Å². The molecule has 2 N–H and O–H groups in total. The zero-order valence-electron chi connectivity index (χ0n) is 21.3. The Bertz CT molecular complexity index is 1250. The number of likely N-dealkylation sites (tertiary alicyclic amines) is 1. The predicted octanol–water partition coefficient (Wildman–Crippen LogP) is 5.66. The van der Waals surface area contributed by atoms with Crippen LogP contribution in [-0.2, 0) is 24.2 Å². The summed E-state index contributed by atoms with van der Waals surface area (Å²) in [6.45, 7) is 9.89. The van der Waals surface area contributed by atoms with Crippen LogP contribution in [-0.4, -0.2) is 64.3 Å². The molecule has 4 heterocycles. The molecular formula is C29H37FN4O. The van der Waals surface area contributed by atoms with Gasteiger partial charge in [0, 0.05) is 73.7 Å². The number of nitrogens with zero attached hydrogens (tertiary/aromatic N) is 2. The molecule has 1 saturated heterocycles. The van der Waals surface area contributed by atoms with E-state index in [9.17, 15) is 4.39 Å². The maximum absolute atomic E-state index is 13.9. The maximum atomic E-state index is 13.9. The Labute approximate surface area is 207 Å². The Morgan fingerprint density at radius 2 is 1.74 bits per heavy atom. The number of rotatable bonds is 5. The van der Waals surface area contributed by atoms with Gasteiger partial charge in [0.2, 0.25) is 0 Å². The van der Waals surface area contributed by atoms with Crippen LogP contribution in [0, 0.1) is 0 Å². The highest BCUT2D eigenvalue weighted by Crippen LogP contribution is 2.31. The molecule has 0 aliphatic carbocycles. The van der Waals surface area contributed by atoms with Crippen molar-refractivity contribution in [1.29, 1.82) is 0 Å². The largest absolute Gasteiger partial charge is 0.379 e. The van der Waals surface area contributed by atoms with E-state index in [4.69, 9.17) is 4.74 Å². The Hall–Kier alpha value is -2.67. The quantitative estimate of drug-likeness (QED) is 0.391. The minimum atomic E-state index is -1.14. The van der Waals surface area contributed by atoms with E-state index >= 15 is 0 Å². The van der Waals surface area contributed by atoms with Gasteiger partial charge >= 0.3 is 0 Å². The minimum absolute atomic E-state index is 0.390. The lowest BCUT2D eigenvalue weighted by atomic mass is 9.96. The highest BCUT2D eigenvalue weighted by atomic mass is 19.1. The minimum Gasteiger partial charge on any atom is -0.379 e. The van der Waals surface area contributed by atoms with Crippen LogP contribution in [0.5, 0.6) is 0 Å². The van der Waals surface area contributed by atoms with Crippen LogP contribution in [0.25, 0.3) is 21.8 Å². The van der Waals surface area contributed by atoms with Crippen LogP contribution in [0.4, 0.5) is 4.39 Å². The lowest BCUT2D eigenvalue weighted by molar-refractivity contribution is -0.0338. The van der Waals surface area contributed by atoms with Crippen molar-refractivity contribution in [2.45, 2.75) is 58.1 Å². The fraction of sp³-hybridized carbons (Fsp3) is 0.448. The summed E-state index contributed by atoms with van der Waals surface area (Å²) in [5.74, 6) is 0. The number of methoxy groups -OCH3 is 1. The van der Waals surface area contributed by atoms with Gasteiger partial charge in [-0.3, -0.25) is 9.80 Å². The first-order valence-corrected chi connectivity index (χ1v) is 12.6. The van der Waals surface area contributed by atoms with Gasteiger partial charge in [-0.15, -0.1) is 0 Å². The lowest BCUT2D eigenvalue weighted by Gasteiger charge is -2.37. The number of nitrogens with one attached hydrogen (secondary N) is 2. The van der Waals surface area contributed by atoms with Crippen molar-refractivity contribution in [2.75, 3.05) is 26.7 Å². The van der Waals surface area contributed by atoms with Crippen LogP contribution in [0.15, 0.2) is 54.6 Å². The van der Waals surface area contributed by atoms with E-state index in [1.807, 2.05) is 0 Å². The fourth-order valence-corrected chi connectivity index (χ4v) is 5.36. The molecule has 186 valence electrons. The van der Waals surface area contributed by atoms with E-state index < -0.39 is 5.67 Å².